The quantitative estimate of drug-likeness (QED) is 0.776. The summed E-state index contributed by atoms with van der Waals surface area (Å²) < 4.78 is 0. The Morgan fingerprint density at radius 1 is 1.13 bits per heavy atom. The topological polar surface area (TPSA) is 36.0 Å². The molecule has 2 nitrogen and oxygen atoms in total. The monoisotopic (exact) mass is 219 g/mol. The molecule has 3 heteroatoms. The molecule has 0 fully saturated rings. The van der Waals surface area contributed by atoms with E-state index < -0.39 is 0 Å². The number of benzene rings is 1. The molecule has 78 valence electrons. The molecule has 0 bridgehead atoms. The zero-order chi connectivity index (χ0) is 10.5. The molecule has 2 N–H and O–H groups in total. The summed E-state index contributed by atoms with van der Waals surface area (Å²) in [6.07, 6.45) is 1.84. The Balaban J connectivity index is 1.93. The Morgan fingerprint density at radius 2 is 1.93 bits per heavy atom. The number of rotatable bonds is 4. The SMILES string of the molecule is OCc1c[nH]c(SCc2ccccc2)c1. The fourth-order valence-corrected chi connectivity index (χ4v) is 2.22. The Labute approximate surface area is 93.3 Å². The minimum Gasteiger partial charge on any atom is -0.392 e. The van der Waals surface area contributed by atoms with E-state index in [1.54, 1.807) is 11.8 Å². The van der Waals surface area contributed by atoms with Crippen molar-refractivity contribution in [1.29, 1.82) is 0 Å². The summed E-state index contributed by atoms with van der Waals surface area (Å²) in [6.45, 7) is 0.0996. The van der Waals surface area contributed by atoms with E-state index in [9.17, 15) is 0 Å². The molecule has 0 saturated carbocycles. The Bertz CT molecular complexity index is 411. The van der Waals surface area contributed by atoms with Gasteiger partial charge in [-0.05, 0) is 17.2 Å². The molecule has 0 aliphatic heterocycles. The highest BCUT2D eigenvalue weighted by atomic mass is 32.2. The van der Waals surface area contributed by atoms with Crippen molar-refractivity contribution in [2.45, 2.75) is 17.4 Å². The number of aromatic nitrogens is 1. The number of hydrogen-bond acceptors (Lipinski definition) is 2. The minimum atomic E-state index is 0.0996. The van der Waals surface area contributed by atoms with Crippen molar-refractivity contribution >= 4 is 11.8 Å². The molecule has 0 saturated heterocycles. The minimum absolute atomic E-state index is 0.0996. The van der Waals surface area contributed by atoms with Gasteiger partial charge in [0.25, 0.3) is 0 Å². The molecular weight excluding hydrogens is 206 g/mol. The predicted molar refractivity (Wildman–Crippen MR) is 62.7 cm³/mol. The van der Waals surface area contributed by atoms with E-state index in [1.165, 1.54) is 5.56 Å². The first-order valence-corrected chi connectivity index (χ1v) is 5.82. The lowest BCUT2D eigenvalue weighted by Gasteiger charge is -1.98. The number of nitrogens with one attached hydrogen (secondary N) is 1. The van der Waals surface area contributed by atoms with Crippen LogP contribution in [0.3, 0.4) is 0 Å². The summed E-state index contributed by atoms with van der Waals surface area (Å²) >= 11 is 1.74. The molecule has 0 aliphatic carbocycles. The smallest absolute Gasteiger partial charge is 0.0728 e. The first kappa shape index (κ1) is 10.3. The van der Waals surface area contributed by atoms with Gasteiger partial charge >= 0.3 is 0 Å². The van der Waals surface area contributed by atoms with Crippen molar-refractivity contribution < 1.29 is 5.11 Å². The molecule has 1 heterocycles. The zero-order valence-corrected chi connectivity index (χ0v) is 9.13. The van der Waals surface area contributed by atoms with E-state index in [0.29, 0.717) is 0 Å². The van der Waals surface area contributed by atoms with Crippen LogP contribution in [0.15, 0.2) is 47.6 Å². The normalized spacial score (nSPS) is 10.5. The van der Waals surface area contributed by atoms with Crippen LogP contribution < -0.4 is 0 Å². The second-order valence-corrected chi connectivity index (χ2v) is 4.32. The Kier molecular flexibility index (Phi) is 3.48. The van der Waals surface area contributed by atoms with Crippen LogP contribution in [0, 0.1) is 0 Å². The summed E-state index contributed by atoms with van der Waals surface area (Å²) in [4.78, 5) is 3.13. The van der Waals surface area contributed by atoms with Gasteiger partial charge in [-0.2, -0.15) is 0 Å². The maximum absolute atomic E-state index is 8.91. The number of aromatic amines is 1. The standard InChI is InChI=1S/C12H13NOS/c14-8-11-6-12(13-7-11)15-9-10-4-2-1-3-5-10/h1-7,13-14H,8-9H2. The average molecular weight is 219 g/mol. The van der Waals surface area contributed by atoms with Gasteiger partial charge in [-0.1, -0.05) is 30.3 Å². The number of H-pyrrole nitrogens is 1. The zero-order valence-electron chi connectivity index (χ0n) is 8.31. The first-order valence-electron chi connectivity index (χ1n) is 4.83. The Hall–Kier alpha value is -1.19. The van der Waals surface area contributed by atoms with E-state index in [1.807, 2.05) is 30.5 Å². The van der Waals surface area contributed by atoms with Crippen LogP contribution in [-0.4, -0.2) is 10.1 Å². The van der Waals surface area contributed by atoms with Crippen molar-refractivity contribution in [3.05, 3.63) is 53.7 Å². The highest BCUT2D eigenvalue weighted by Gasteiger charge is 1.99. The fourth-order valence-electron chi connectivity index (χ4n) is 1.33. The Morgan fingerprint density at radius 3 is 2.60 bits per heavy atom. The van der Waals surface area contributed by atoms with Gasteiger partial charge in [-0.15, -0.1) is 11.8 Å². The largest absolute Gasteiger partial charge is 0.392 e. The van der Waals surface area contributed by atoms with E-state index in [2.05, 4.69) is 17.1 Å². The molecule has 0 amide bonds. The summed E-state index contributed by atoms with van der Waals surface area (Å²) in [5.74, 6) is 0.951. The van der Waals surface area contributed by atoms with Crippen molar-refractivity contribution in [2.75, 3.05) is 0 Å². The molecule has 1 aromatic heterocycles. The lowest BCUT2D eigenvalue weighted by Crippen LogP contribution is -1.78. The molecule has 0 unspecified atom stereocenters. The molecule has 15 heavy (non-hydrogen) atoms. The number of aliphatic hydroxyl groups excluding tert-OH is 1. The molecule has 1 aromatic carbocycles. The van der Waals surface area contributed by atoms with Gasteiger partial charge in [-0.3, -0.25) is 0 Å². The first-order chi connectivity index (χ1) is 7.38. The molecule has 0 aliphatic rings. The third kappa shape index (κ3) is 2.88. The third-order valence-corrected chi connectivity index (χ3v) is 3.16. The van der Waals surface area contributed by atoms with Gasteiger partial charge in [0.1, 0.15) is 0 Å². The van der Waals surface area contributed by atoms with Gasteiger partial charge < -0.3 is 10.1 Å². The summed E-state index contributed by atoms with van der Waals surface area (Å²) in [7, 11) is 0. The number of thioether (sulfide) groups is 1. The molecule has 2 rings (SSSR count). The van der Waals surface area contributed by atoms with Gasteiger partial charge in [0.2, 0.25) is 0 Å². The van der Waals surface area contributed by atoms with Crippen LogP contribution in [0.4, 0.5) is 0 Å². The second-order valence-electron chi connectivity index (χ2n) is 3.30. The van der Waals surface area contributed by atoms with E-state index >= 15 is 0 Å². The summed E-state index contributed by atoms with van der Waals surface area (Å²) in [6, 6.07) is 12.3. The molecule has 0 spiro atoms. The maximum Gasteiger partial charge on any atom is 0.0728 e. The average Bonchev–Trinajstić information content (AvgIpc) is 2.76. The maximum atomic E-state index is 8.91. The number of aliphatic hydroxyl groups is 1. The van der Waals surface area contributed by atoms with Gasteiger partial charge in [0.05, 0.1) is 11.6 Å². The van der Waals surface area contributed by atoms with Crippen molar-refractivity contribution in [3.63, 3.8) is 0 Å². The van der Waals surface area contributed by atoms with E-state index in [4.69, 9.17) is 5.11 Å². The van der Waals surface area contributed by atoms with Gasteiger partial charge in [0.15, 0.2) is 0 Å². The van der Waals surface area contributed by atoms with E-state index in [0.717, 1.165) is 16.3 Å². The third-order valence-electron chi connectivity index (χ3n) is 2.14. The molecule has 0 radical (unpaired) electrons. The fraction of sp³-hybridized carbons (Fsp3) is 0.167. The summed E-state index contributed by atoms with van der Waals surface area (Å²) in [5.41, 5.74) is 2.24. The van der Waals surface area contributed by atoms with Crippen molar-refractivity contribution in [2.24, 2.45) is 0 Å². The van der Waals surface area contributed by atoms with Crippen LogP contribution in [0.5, 0.6) is 0 Å². The molecular formula is C12H13NOS. The lowest BCUT2D eigenvalue weighted by atomic mass is 10.2. The highest BCUT2D eigenvalue weighted by Crippen LogP contribution is 2.22. The molecule has 0 atom stereocenters. The van der Waals surface area contributed by atoms with Crippen LogP contribution in [0.2, 0.25) is 0 Å². The van der Waals surface area contributed by atoms with Crippen LogP contribution in [-0.2, 0) is 12.4 Å². The predicted octanol–water partition coefficient (Wildman–Crippen LogP) is 2.80. The number of hydrogen-bond donors (Lipinski definition) is 2. The van der Waals surface area contributed by atoms with Crippen LogP contribution >= 0.6 is 11.8 Å². The highest BCUT2D eigenvalue weighted by molar-refractivity contribution is 7.98. The van der Waals surface area contributed by atoms with Crippen LogP contribution in [0.1, 0.15) is 11.1 Å². The second kappa shape index (κ2) is 5.05. The van der Waals surface area contributed by atoms with Gasteiger partial charge in [-0.25, -0.2) is 0 Å². The van der Waals surface area contributed by atoms with Gasteiger partial charge in [0, 0.05) is 11.9 Å². The van der Waals surface area contributed by atoms with Crippen molar-refractivity contribution in [1.82, 2.24) is 4.98 Å². The summed E-state index contributed by atoms with van der Waals surface area (Å²) in [5, 5.41) is 10.0. The van der Waals surface area contributed by atoms with Crippen molar-refractivity contribution in [3.8, 4) is 0 Å². The lowest BCUT2D eigenvalue weighted by molar-refractivity contribution is 0.282. The van der Waals surface area contributed by atoms with Crippen LogP contribution in [0.25, 0.3) is 0 Å². The molecule has 2 aromatic rings. The van der Waals surface area contributed by atoms with E-state index in [-0.39, 0.29) is 6.61 Å².